The second kappa shape index (κ2) is 4.60. The van der Waals surface area contributed by atoms with Crippen molar-refractivity contribution in [3.63, 3.8) is 0 Å². The van der Waals surface area contributed by atoms with E-state index in [4.69, 9.17) is 4.84 Å². The summed E-state index contributed by atoms with van der Waals surface area (Å²) in [5, 5.41) is 9.46. The molecular formula is C9H12BrNO2. The van der Waals surface area contributed by atoms with Gasteiger partial charge in [0.15, 0.2) is 0 Å². The topological polar surface area (TPSA) is 41.5 Å². The predicted octanol–water partition coefficient (Wildman–Crippen LogP) is 2.11. The largest absolute Gasteiger partial charge is 0.506 e. The maximum atomic E-state index is 9.46. The van der Waals surface area contributed by atoms with E-state index in [2.05, 4.69) is 21.4 Å². The molecule has 0 aliphatic rings. The van der Waals surface area contributed by atoms with Gasteiger partial charge in [-0.05, 0) is 40.0 Å². The first kappa shape index (κ1) is 10.5. The van der Waals surface area contributed by atoms with Crippen LogP contribution in [0.3, 0.4) is 0 Å². The monoisotopic (exact) mass is 245 g/mol. The molecule has 0 fully saturated rings. The molecule has 0 spiro atoms. The van der Waals surface area contributed by atoms with Gasteiger partial charge in [0.1, 0.15) is 5.75 Å². The van der Waals surface area contributed by atoms with Gasteiger partial charge in [-0.3, -0.25) is 0 Å². The minimum absolute atomic E-state index is 0.293. The highest BCUT2D eigenvalue weighted by atomic mass is 79.9. The molecule has 72 valence electrons. The number of hydroxylamine groups is 1. The Labute approximate surface area is 85.8 Å². The van der Waals surface area contributed by atoms with Gasteiger partial charge >= 0.3 is 0 Å². The van der Waals surface area contributed by atoms with Gasteiger partial charge in [0.05, 0.1) is 11.6 Å². The van der Waals surface area contributed by atoms with Crippen LogP contribution in [0.15, 0.2) is 16.6 Å². The molecule has 4 heteroatoms. The molecule has 1 aromatic rings. The molecule has 2 N–H and O–H groups in total. The van der Waals surface area contributed by atoms with Crippen LogP contribution in [0.2, 0.25) is 0 Å². The maximum Gasteiger partial charge on any atom is 0.132 e. The summed E-state index contributed by atoms with van der Waals surface area (Å²) in [6, 6.07) is 3.76. The van der Waals surface area contributed by atoms with Crippen molar-refractivity contribution in [2.24, 2.45) is 0 Å². The van der Waals surface area contributed by atoms with E-state index in [1.165, 1.54) is 0 Å². The molecule has 0 atom stereocenters. The smallest absolute Gasteiger partial charge is 0.132 e. The number of aryl methyl sites for hydroxylation is 1. The van der Waals surface area contributed by atoms with Gasteiger partial charge in [-0.15, -0.1) is 0 Å². The summed E-state index contributed by atoms with van der Waals surface area (Å²) in [7, 11) is 1.57. The molecule has 13 heavy (non-hydrogen) atoms. The zero-order valence-corrected chi connectivity index (χ0v) is 9.18. The minimum Gasteiger partial charge on any atom is -0.506 e. The molecule has 0 bridgehead atoms. The molecule has 3 nitrogen and oxygen atoms in total. The Hall–Kier alpha value is -0.580. The minimum atomic E-state index is 0.293. The van der Waals surface area contributed by atoms with Crippen LogP contribution in [-0.4, -0.2) is 12.2 Å². The molecule has 0 unspecified atom stereocenters. The van der Waals surface area contributed by atoms with Crippen LogP contribution in [-0.2, 0) is 11.4 Å². The van der Waals surface area contributed by atoms with Crippen molar-refractivity contribution in [1.82, 2.24) is 5.48 Å². The van der Waals surface area contributed by atoms with Crippen molar-refractivity contribution in [2.75, 3.05) is 7.11 Å². The van der Waals surface area contributed by atoms with Crippen LogP contribution in [0, 0.1) is 6.92 Å². The fourth-order valence-electron chi connectivity index (χ4n) is 1.07. The Bertz CT molecular complexity index is 279. The first-order chi connectivity index (χ1) is 6.15. The number of aromatic hydroxyl groups is 1. The third kappa shape index (κ3) is 2.69. The SMILES string of the molecule is CONCc1cc(C)c(O)c(Br)c1. The zero-order chi connectivity index (χ0) is 9.84. The lowest BCUT2D eigenvalue weighted by Crippen LogP contribution is -2.10. The Morgan fingerprint density at radius 1 is 1.54 bits per heavy atom. The van der Waals surface area contributed by atoms with Crippen LogP contribution in [0.1, 0.15) is 11.1 Å². The van der Waals surface area contributed by atoms with Gasteiger partial charge in [-0.2, -0.15) is 5.48 Å². The maximum absolute atomic E-state index is 9.46. The molecule has 0 radical (unpaired) electrons. The Morgan fingerprint density at radius 3 is 2.77 bits per heavy atom. The van der Waals surface area contributed by atoms with E-state index < -0.39 is 0 Å². The number of nitrogens with one attached hydrogen (secondary N) is 1. The zero-order valence-electron chi connectivity index (χ0n) is 7.60. The molecule has 0 heterocycles. The molecule has 0 aliphatic carbocycles. The van der Waals surface area contributed by atoms with E-state index in [1.54, 1.807) is 7.11 Å². The predicted molar refractivity (Wildman–Crippen MR) is 54.4 cm³/mol. The number of halogens is 1. The standard InChI is InChI=1S/C9H12BrNO2/c1-6-3-7(5-11-13-2)4-8(10)9(6)12/h3-4,11-12H,5H2,1-2H3. The number of phenolic OH excluding ortho intramolecular Hbond substituents is 1. The first-order valence-corrected chi connectivity index (χ1v) is 4.68. The molecule has 0 saturated carbocycles. The van der Waals surface area contributed by atoms with Crippen LogP contribution in [0.5, 0.6) is 5.75 Å². The number of hydrogen-bond donors (Lipinski definition) is 2. The fraction of sp³-hybridized carbons (Fsp3) is 0.333. The van der Waals surface area contributed by atoms with Crippen molar-refractivity contribution in [2.45, 2.75) is 13.5 Å². The number of phenols is 1. The van der Waals surface area contributed by atoms with Crippen LogP contribution in [0.25, 0.3) is 0 Å². The number of benzene rings is 1. The molecule has 0 saturated heterocycles. The summed E-state index contributed by atoms with van der Waals surface area (Å²) >= 11 is 3.27. The molecule has 1 aromatic carbocycles. The Kier molecular flexibility index (Phi) is 3.71. The Morgan fingerprint density at radius 2 is 2.23 bits per heavy atom. The third-order valence-corrected chi connectivity index (χ3v) is 2.34. The van der Waals surface area contributed by atoms with E-state index in [9.17, 15) is 5.11 Å². The van der Waals surface area contributed by atoms with Gasteiger partial charge in [0, 0.05) is 6.54 Å². The van der Waals surface area contributed by atoms with Crippen molar-refractivity contribution in [3.05, 3.63) is 27.7 Å². The number of rotatable bonds is 3. The molecular weight excluding hydrogens is 234 g/mol. The van der Waals surface area contributed by atoms with E-state index >= 15 is 0 Å². The van der Waals surface area contributed by atoms with Crippen molar-refractivity contribution in [1.29, 1.82) is 0 Å². The highest BCUT2D eigenvalue weighted by molar-refractivity contribution is 9.10. The second-order valence-corrected chi connectivity index (χ2v) is 3.62. The van der Waals surface area contributed by atoms with Crippen molar-refractivity contribution >= 4 is 15.9 Å². The fourth-order valence-corrected chi connectivity index (χ4v) is 1.67. The number of hydrogen-bond acceptors (Lipinski definition) is 3. The lowest BCUT2D eigenvalue weighted by Gasteiger charge is -2.06. The third-order valence-electron chi connectivity index (χ3n) is 1.73. The van der Waals surface area contributed by atoms with Crippen molar-refractivity contribution in [3.8, 4) is 5.75 Å². The summed E-state index contributed by atoms with van der Waals surface area (Å²) in [6.45, 7) is 2.48. The van der Waals surface area contributed by atoms with Gasteiger partial charge in [0.25, 0.3) is 0 Å². The van der Waals surface area contributed by atoms with Crippen LogP contribution >= 0.6 is 15.9 Å². The quantitative estimate of drug-likeness (QED) is 0.802. The van der Waals surface area contributed by atoms with Crippen LogP contribution in [0.4, 0.5) is 0 Å². The van der Waals surface area contributed by atoms with E-state index in [1.807, 2.05) is 19.1 Å². The lowest BCUT2D eigenvalue weighted by atomic mass is 10.1. The summed E-state index contributed by atoms with van der Waals surface area (Å²) in [4.78, 5) is 4.73. The molecule has 0 amide bonds. The van der Waals surface area contributed by atoms with Gasteiger partial charge < -0.3 is 9.94 Å². The lowest BCUT2D eigenvalue weighted by molar-refractivity contribution is 0.0867. The van der Waals surface area contributed by atoms with Gasteiger partial charge in [0.2, 0.25) is 0 Å². The average Bonchev–Trinajstić information content (AvgIpc) is 2.10. The summed E-state index contributed by atoms with van der Waals surface area (Å²) < 4.78 is 0.709. The summed E-state index contributed by atoms with van der Waals surface area (Å²) in [5.41, 5.74) is 4.64. The van der Waals surface area contributed by atoms with E-state index in [-0.39, 0.29) is 0 Å². The first-order valence-electron chi connectivity index (χ1n) is 3.89. The van der Waals surface area contributed by atoms with Crippen molar-refractivity contribution < 1.29 is 9.94 Å². The molecule has 1 rings (SSSR count). The second-order valence-electron chi connectivity index (χ2n) is 2.77. The summed E-state index contributed by atoms with van der Waals surface area (Å²) in [6.07, 6.45) is 0. The van der Waals surface area contributed by atoms with E-state index in [0.717, 1.165) is 11.1 Å². The molecule has 0 aromatic heterocycles. The molecule has 0 aliphatic heterocycles. The highest BCUT2D eigenvalue weighted by Gasteiger charge is 2.03. The normalized spacial score (nSPS) is 10.4. The van der Waals surface area contributed by atoms with Gasteiger partial charge in [-0.1, -0.05) is 6.07 Å². The van der Waals surface area contributed by atoms with Crippen LogP contribution < -0.4 is 5.48 Å². The highest BCUT2D eigenvalue weighted by Crippen LogP contribution is 2.28. The van der Waals surface area contributed by atoms with Gasteiger partial charge in [-0.25, -0.2) is 0 Å². The Balaban J connectivity index is 2.86. The average molecular weight is 246 g/mol. The summed E-state index contributed by atoms with van der Waals surface area (Å²) in [5.74, 6) is 0.293. The van der Waals surface area contributed by atoms with E-state index in [0.29, 0.717) is 16.8 Å².